The molecule has 2 N–H and O–H groups in total. The van der Waals surface area contributed by atoms with Gasteiger partial charge in [0.2, 0.25) is 17.7 Å². The van der Waals surface area contributed by atoms with Crippen molar-refractivity contribution in [2.45, 2.75) is 89.9 Å². The number of rotatable bonds is 9. The van der Waals surface area contributed by atoms with Gasteiger partial charge in [0.15, 0.2) is 10.8 Å². The van der Waals surface area contributed by atoms with Gasteiger partial charge < -0.3 is 25.2 Å². The molecule has 0 radical (unpaired) electrons. The molecule has 0 spiro atoms. The largest absolute Gasteiger partial charge is 0.414 e. The predicted molar refractivity (Wildman–Crippen MR) is 167 cm³/mol. The Morgan fingerprint density at radius 1 is 0.932 bits per heavy atom. The summed E-state index contributed by atoms with van der Waals surface area (Å²) in [4.78, 5) is 70.1. The first kappa shape index (κ1) is 31.7. The molecule has 4 atom stereocenters. The second-order valence-corrected chi connectivity index (χ2v) is 13.6. The topological polar surface area (TPSA) is 125 Å². The number of carbonyl (C=O) groups excluding carboxylic acids is 5. The normalized spacial score (nSPS) is 21.6. The Bertz CT molecular complexity index is 1370. The van der Waals surface area contributed by atoms with Crippen LogP contribution in [-0.4, -0.2) is 76.7 Å². The van der Waals surface area contributed by atoms with Crippen LogP contribution in [-0.2, 0) is 19.2 Å². The molecule has 11 heteroatoms. The fourth-order valence-electron chi connectivity index (χ4n) is 6.89. The molecule has 44 heavy (non-hydrogen) atoms. The van der Waals surface area contributed by atoms with Gasteiger partial charge in [-0.3, -0.25) is 19.2 Å². The lowest BCUT2D eigenvalue weighted by Gasteiger charge is -2.34. The van der Waals surface area contributed by atoms with Crippen LogP contribution >= 0.6 is 11.3 Å². The minimum Gasteiger partial charge on any atom is -0.399 e. The Kier molecular flexibility index (Phi) is 10.0. The molecule has 5 rings (SSSR count). The lowest BCUT2D eigenvalue weighted by atomic mass is 9.83. The molecule has 3 fully saturated rings. The number of carbonyl (C=O) groups is 5. The van der Waals surface area contributed by atoms with Crippen molar-refractivity contribution in [1.82, 2.24) is 20.4 Å². The second kappa shape index (κ2) is 13.9. The van der Waals surface area contributed by atoms with Crippen molar-refractivity contribution in [2.75, 3.05) is 13.1 Å². The molecule has 4 amide bonds. The molecule has 1 aromatic heterocycles. The zero-order valence-corrected chi connectivity index (χ0v) is 26.4. The third kappa shape index (κ3) is 7.14. The summed E-state index contributed by atoms with van der Waals surface area (Å²) in [6.45, 7) is 5.53. The molecule has 1 aliphatic carbocycles. The first-order valence-corrected chi connectivity index (χ1v) is 16.5. The fraction of sp³-hybridized carbons (Fsp3) is 0.545. The van der Waals surface area contributed by atoms with Gasteiger partial charge in [0.25, 0.3) is 0 Å². The first-order chi connectivity index (χ1) is 21.1. The van der Waals surface area contributed by atoms with Crippen molar-refractivity contribution < 1.29 is 28.7 Å². The molecule has 2 aliphatic heterocycles. The van der Waals surface area contributed by atoms with Crippen LogP contribution in [0.4, 0.5) is 4.79 Å². The van der Waals surface area contributed by atoms with Gasteiger partial charge in [-0.15, -0.1) is 0 Å². The summed E-state index contributed by atoms with van der Waals surface area (Å²) in [5.74, 6) is -0.947. The molecule has 1 aromatic carbocycles. The maximum absolute atomic E-state index is 13.9. The summed E-state index contributed by atoms with van der Waals surface area (Å²) in [7, 11) is 0. The van der Waals surface area contributed by atoms with Crippen LogP contribution in [0.25, 0.3) is 10.4 Å². The third-order valence-electron chi connectivity index (χ3n) is 8.86. The van der Waals surface area contributed by atoms with Gasteiger partial charge in [-0.1, -0.05) is 74.8 Å². The number of amides is 4. The highest BCUT2D eigenvalue weighted by Gasteiger charge is 2.53. The van der Waals surface area contributed by atoms with Crippen LogP contribution in [0, 0.1) is 11.8 Å². The number of fused-ring (bicyclic) bond motifs is 1. The summed E-state index contributed by atoms with van der Waals surface area (Å²) in [6, 6.07) is 10.6. The molecule has 3 heterocycles. The molecule has 0 bridgehead atoms. The van der Waals surface area contributed by atoms with Gasteiger partial charge in [0, 0.05) is 18.3 Å². The second-order valence-electron chi connectivity index (χ2n) is 12.5. The molecule has 236 valence electrons. The fourth-order valence-corrected chi connectivity index (χ4v) is 7.75. The minimum atomic E-state index is -0.887. The molecule has 2 saturated heterocycles. The summed E-state index contributed by atoms with van der Waals surface area (Å²) in [5.41, 5.74) is 1.01. The van der Waals surface area contributed by atoms with E-state index < -0.39 is 30.3 Å². The Hall–Kier alpha value is -3.73. The van der Waals surface area contributed by atoms with E-state index >= 15 is 0 Å². The summed E-state index contributed by atoms with van der Waals surface area (Å²) >= 11 is 1.33. The Balaban J connectivity index is 1.26. The van der Waals surface area contributed by atoms with E-state index in [1.807, 2.05) is 50.2 Å². The SMILES string of the molecule is CC(=O)NC(C(=O)N1CC(=O)C2C1CCN2C(=O)C(CC(C)C)NC(=O)Oc1ccc(-c2ccccc2)s1)C1CCCCC1. The van der Waals surface area contributed by atoms with Gasteiger partial charge in [-0.2, -0.15) is 0 Å². The van der Waals surface area contributed by atoms with E-state index in [1.165, 1.54) is 23.2 Å². The number of Topliss-reactive ketones (excluding diaryl/α,β-unsaturated/α-hetero) is 1. The molecule has 3 aliphatic rings. The molecule has 10 nitrogen and oxygen atoms in total. The van der Waals surface area contributed by atoms with E-state index in [1.54, 1.807) is 11.0 Å². The van der Waals surface area contributed by atoms with Crippen LogP contribution in [0.5, 0.6) is 5.06 Å². The molecule has 4 unspecified atom stereocenters. The summed E-state index contributed by atoms with van der Waals surface area (Å²) in [5, 5.41) is 6.02. The average molecular weight is 623 g/mol. The number of ether oxygens (including phenoxy) is 1. The predicted octanol–water partition coefficient (Wildman–Crippen LogP) is 4.38. The molecule has 2 aromatic rings. The van der Waals surface area contributed by atoms with E-state index in [-0.39, 0.29) is 41.9 Å². The number of benzene rings is 1. The number of hydrogen-bond acceptors (Lipinski definition) is 7. The highest BCUT2D eigenvalue weighted by Crippen LogP contribution is 2.35. The Morgan fingerprint density at radius 3 is 2.34 bits per heavy atom. The maximum atomic E-state index is 13.9. The molecular weight excluding hydrogens is 580 g/mol. The van der Waals surface area contributed by atoms with Crippen molar-refractivity contribution in [2.24, 2.45) is 11.8 Å². The summed E-state index contributed by atoms with van der Waals surface area (Å²) < 4.78 is 5.56. The van der Waals surface area contributed by atoms with E-state index in [0.29, 0.717) is 24.4 Å². The third-order valence-corrected chi connectivity index (χ3v) is 9.88. The molecular formula is C33H42N4O6S. The van der Waals surface area contributed by atoms with E-state index in [2.05, 4.69) is 10.6 Å². The van der Waals surface area contributed by atoms with Crippen LogP contribution in [0.15, 0.2) is 42.5 Å². The zero-order valence-electron chi connectivity index (χ0n) is 25.6. The van der Waals surface area contributed by atoms with Crippen molar-refractivity contribution in [3.8, 4) is 15.5 Å². The number of hydrogen-bond donors (Lipinski definition) is 2. The Labute approximate surface area is 262 Å². The average Bonchev–Trinajstić information content (AvgIpc) is 3.73. The van der Waals surface area contributed by atoms with Gasteiger partial charge in [-0.05, 0) is 55.2 Å². The van der Waals surface area contributed by atoms with Crippen molar-refractivity contribution in [3.63, 3.8) is 0 Å². The highest BCUT2D eigenvalue weighted by molar-refractivity contribution is 7.17. The number of thiophene rings is 1. The lowest BCUT2D eigenvalue weighted by Crippen LogP contribution is -2.55. The number of ketones is 1. The van der Waals surface area contributed by atoms with E-state index in [4.69, 9.17) is 4.74 Å². The number of likely N-dealkylation sites (tertiary alicyclic amines) is 2. The van der Waals surface area contributed by atoms with Crippen LogP contribution in [0.3, 0.4) is 0 Å². The van der Waals surface area contributed by atoms with Crippen molar-refractivity contribution >= 4 is 40.9 Å². The highest BCUT2D eigenvalue weighted by atomic mass is 32.1. The zero-order chi connectivity index (χ0) is 31.4. The maximum Gasteiger partial charge on any atom is 0.414 e. The van der Waals surface area contributed by atoms with Gasteiger partial charge >= 0.3 is 6.09 Å². The van der Waals surface area contributed by atoms with Crippen LogP contribution < -0.4 is 15.4 Å². The van der Waals surface area contributed by atoms with Gasteiger partial charge in [0.1, 0.15) is 18.1 Å². The van der Waals surface area contributed by atoms with Gasteiger partial charge in [0.05, 0.1) is 12.6 Å². The number of nitrogens with one attached hydrogen (secondary N) is 2. The summed E-state index contributed by atoms with van der Waals surface area (Å²) in [6.07, 6.45) is 4.93. The lowest BCUT2D eigenvalue weighted by molar-refractivity contribution is -0.139. The Morgan fingerprint density at radius 2 is 1.66 bits per heavy atom. The van der Waals surface area contributed by atoms with Crippen molar-refractivity contribution in [1.29, 1.82) is 0 Å². The molecule has 1 saturated carbocycles. The standard InChI is InChI=1S/C33H42N4O6S/c1-20(2)18-24(35-33(42)43-28-15-14-27(44-28)22-10-6-4-7-11-22)31(40)36-17-16-25-30(36)26(39)19-37(25)32(41)29(34-21(3)38)23-12-8-5-9-13-23/h4,6-7,10-11,14-15,20,23-25,29-30H,5,8-9,12-13,16-19H2,1-3H3,(H,34,38)(H,35,42). The van der Waals surface area contributed by atoms with Crippen LogP contribution in [0.2, 0.25) is 0 Å². The number of nitrogens with zero attached hydrogens (tertiary/aromatic N) is 2. The minimum absolute atomic E-state index is 0.0335. The quantitative estimate of drug-likeness (QED) is 0.428. The monoisotopic (exact) mass is 622 g/mol. The van der Waals surface area contributed by atoms with E-state index in [0.717, 1.165) is 42.5 Å². The van der Waals surface area contributed by atoms with Gasteiger partial charge in [-0.25, -0.2) is 4.79 Å². The van der Waals surface area contributed by atoms with E-state index in [9.17, 15) is 24.0 Å². The first-order valence-electron chi connectivity index (χ1n) is 15.7. The van der Waals surface area contributed by atoms with Crippen LogP contribution in [0.1, 0.15) is 65.7 Å². The van der Waals surface area contributed by atoms with Crippen molar-refractivity contribution in [3.05, 3.63) is 42.5 Å². The smallest absolute Gasteiger partial charge is 0.399 e.